The summed E-state index contributed by atoms with van der Waals surface area (Å²) in [5.74, 6) is -0.531. The molecule has 4 nitrogen and oxygen atoms in total. The molecule has 0 amide bonds. The van der Waals surface area contributed by atoms with Crippen LogP contribution in [0.4, 0.5) is 4.39 Å². The average Bonchev–Trinajstić information content (AvgIpc) is 2.76. The number of rotatable bonds is 4. The number of benzene rings is 1. The second-order valence-electron chi connectivity index (χ2n) is 4.92. The first-order chi connectivity index (χ1) is 9.51. The van der Waals surface area contributed by atoms with Crippen molar-refractivity contribution in [3.05, 3.63) is 53.1 Å². The Kier molecular flexibility index (Phi) is 4.29. The minimum atomic E-state index is -0.297. The molecule has 1 aromatic carbocycles. The van der Waals surface area contributed by atoms with Gasteiger partial charge in [0, 0.05) is 18.0 Å². The average molecular weight is 275 g/mol. The normalized spacial score (nSPS) is 12.4. The summed E-state index contributed by atoms with van der Waals surface area (Å²) in [6.07, 6.45) is 0.254. The molecule has 106 valence electrons. The largest absolute Gasteiger partial charge is 0.330 e. The number of aromatic nitrogens is 2. The van der Waals surface area contributed by atoms with Gasteiger partial charge in [-0.3, -0.25) is 4.79 Å². The van der Waals surface area contributed by atoms with Crippen molar-refractivity contribution in [3.63, 3.8) is 0 Å². The van der Waals surface area contributed by atoms with Crippen LogP contribution in [0.1, 0.15) is 34.1 Å². The highest BCUT2D eigenvalue weighted by molar-refractivity contribution is 5.79. The summed E-state index contributed by atoms with van der Waals surface area (Å²) in [6.45, 7) is 4.01. The molecule has 1 heterocycles. The molecule has 1 aromatic heterocycles. The minimum Gasteiger partial charge on any atom is -0.330 e. The molecular weight excluding hydrogens is 257 g/mol. The predicted octanol–water partition coefficient (Wildman–Crippen LogP) is 2.41. The van der Waals surface area contributed by atoms with Crippen LogP contribution in [0.15, 0.2) is 30.3 Å². The quantitative estimate of drug-likeness (QED) is 0.932. The van der Waals surface area contributed by atoms with Crippen molar-refractivity contribution in [2.45, 2.75) is 26.2 Å². The molecule has 0 saturated carbocycles. The number of hydrogen-bond donors (Lipinski definition) is 1. The van der Waals surface area contributed by atoms with Gasteiger partial charge in [0.25, 0.3) is 0 Å². The zero-order chi connectivity index (χ0) is 14.7. The SMILES string of the molecule is Cc1cc(C)n(C(=O)CC(CN)c2ccc(F)cc2)n1. The zero-order valence-corrected chi connectivity index (χ0v) is 11.6. The van der Waals surface area contributed by atoms with Gasteiger partial charge in [-0.25, -0.2) is 9.07 Å². The van der Waals surface area contributed by atoms with Crippen LogP contribution in [0.3, 0.4) is 0 Å². The van der Waals surface area contributed by atoms with Crippen LogP contribution < -0.4 is 5.73 Å². The van der Waals surface area contributed by atoms with Crippen LogP contribution in [0, 0.1) is 19.7 Å². The molecule has 0 fully saturated rings. The van der Waals surface area contributed by atoms with Gasteiger partial charge >= 0.3 is 0 Å². The summed E-state index contributed by atoms with van der Waals surface area (Å²) in [6, 6.07) is 7.95. The summed E-state index contributed by atoms with van der Waals surface area (Å²) in [4.78, 5) is 12.3. The molecule has 0 aliphatic carbocycles. The molecule has 5 heteroatoms. The molecule has 0 saturated heterocycles. The molecule has 2 N–H and O–H groups in total. The molecule has 20 heavy (non-hydrogen) atoms. The number of nitrogens with zero attached hydrogens (tertiary/aromatic N) is 2. The van der Waals surface area contributed by atoms with E-state index >= 15 is 0 Å². The molecule has 2 rings (SSSR count). The van der Waals surface area contributed by atoms with Gasteiger partial charge in [0.05, 0.1) is 5.69 Å². The lowest BCUT2D eigenvalue weighted by Crippen LogP contribution is -2.21. The zero-order valence-electron chi connectivity index (χ0n) is 11.6. The third kappa shape index (κ3) is 3.11. The summed E-state index contributed by atoms with van der Waals surface area (Å²) in [5, 5.41) is 4.17. The Labute approximate surface area is 117 Å². The first-order valence-electron chi connectivity index (χ1n) is 6.53. The van der Waals surface area contributed by atoms with E-state index in [1.54, 1.807) is 12.1 Å². The molecule has 0 radical (unpaired) electrons. The van der Waals surface area contributed by atoms with Gasteiger partial charge in [-0.2, -0.15) is 5.10 Å². The van der Waals surface area contributed by atoms with Gasteiger partial charge in [-0.15, -0.1) is 0 Å². The highest BCUT2D eigenvalue weighted by Gasteiger charge is 2.18. The second kappa shape index (κ2) is 5.96. The fraction of sp³-hybridized carbons (Fsp3) is 0.333. The lowest BCUT2D eigenvalue weighted by molar-refractivity contribution is 0.0875. The van der Waals surface area contributed by atoms with Crippen LogP contribution in [-0.2, 0) is 0 Å². The Morgan fingerprint density at radius 2 is 2.00 bits per heavy atom. The van der Waals surface area contributed by atoms with Crippen LogP contribution in [0.25, 0.3) is 0 Å². The van der Waals surface area contributed by atoms with E-state index < -0.39 is 0 Å². The fourth-order valence-electron chi connectivity index (χ4n) is 2.25. The van der Waals surface area contributed by atoms with E-state index in [0.29, 0.717) is 6.54 Å². The Hall–Kier alpha value is -2.01. The van der Waals surface area contributed by atoms with E-state index in [2.05, 4.69) is 5.10 Å². The summed E-state index contributed by atoms with van der Waals surface area (Å²) in [5.41, 5.74) is 8.22. The van der Waals surface area contributed by atoms with E-state index in [9.17, 15) is 9.18 Å². The first kappa shape index (κ1) is 14.4. The molecular formula is C15H18FN3O. The summed E-state index contributed by atoms with van der Waals surface area (Å²) < 4.78 is 14.3. The topological polar surface area (TPSA) is 60.9 Å². The van der Waals surface area contributed by atoms with Crippen molar-refractivity contribution in [2.24, 2.45) is 5.73 Å². The standard InChI is InChI=1S/C15H18FN3O/c1-10-7-11(2)19(18-10)15(20)8-13(9-17)12-3-5-14(16)6-4-12/h3-7,13H,8-9,17H2,1-2H3. The number of hydrogen-bond acceptors (Lipinski definition) is 3. The maximum absolute atomic E-state index is 12.9. The van der Waals surface area contributed by atoms with E-state index in [-0.39, 0.29) is 24.1 Å². The number of nitrogens with two attached hydrogens (primary N) is 1. The molecule has 2 aromatic rings. The van der Waals surface area contributed by atoms with Crippen molar-refractivity contribution >= 4 is 5.91 Å². The van der Waals surface area contributed by atoms with Crippen molar-refractivity contribution < 1.29 is 9.18 Å². The first-order valence-corrected chi connectivity index (χ1v) is 6.53. The molecule has 0 bridgehead atoms. The van der Waals surface area contributed by atoms with Crippen LogP contribution in [-0.4, -0.2) is 22.2 Å². The van der Waals surface area contributed by atoms with Gasteiger partial charge in [0.15, 0.2) is 0 Å². The van der Waals surface area contributed by atoms with Crippen LogP contribution >= 0.6 is 0 Å². The van der Waals surface area contributed by atoms with Gasteiger partial charge in [0.2, 0.25) is 5.91 Å². The fourth-order valence-corrected chi connectivity index (χ4v) is 2.25. The maximum atomic E-state index is 12.9. The Balaban J connectivity index is 2.16. The summed E-state index contributed by atoms with van der Waals surface area (Å²) >= 11 is 0. The summed E-state index contributed by atoms with van der Waals surface area (Å²) in [7, 11) is 0. The van der Waals surface area contributed by atoms with E-state index in [1.165, 1.54) is 16.8 Å². The van der Waals surface area contributed by atoms with E-state index in [0.717, 1.165) is 17.0 Å². The third-order valence-corrected chi connectivity index (χ3v) is 3.29. The van der Waals surface area contributed by atoms with Crippen LogP contribution in [0.2, 0.25) is 0 Å². The van der Waals surface area contributed by atoms with Gasteiger partial charge in [-0.1, -0.05) is 12.1 Å². The van der Waals surface area contributed by atoms with Gasteiger partial charge in [0.1, 0.15) is 5.82 Å². The predicted molar refractivity (Wildman–Crippen MR) is 75.1 cm³/mol. The Bertz CT molecular complexity index is 604. The van der Waals surface area contributed by atoms with Gasteiger partial charge < -0.3 is 5.73 Å². The van der Waals surface area contributed by atoms with Crippen molar-refractivity contribution in [2.75, 3.05) is 6.54 Å². The second-order valence-corrected chi connectivity index (χ2v) is 4.92. The molecule has 1 atom stereocenters. The molecule has 1 unspecified atom stereocenters. The Morgan fingerprint density at radius 1 is 1.35 bits per heavy atom. The minimum absolute atomic E-state index is 0.102. The number of aryl methyl sites for hydroxylation is 2. The smallest absolute Gasteiger partial charge is 0.247 e. The van der Waals surface area contributed by atoms with Gasteiger partial charge in [-0.05, 0) is 44.2 Å². The third-order valence-electron chi connectivity index (χ3n) is 3.29. The van der Waals surface area contributed by atoms with Crippen molar-refractivity contribution in [3.8, 4) is 0 Å². The highest BCUT2D eigenvalue weighted by atomic mass is 19.1. The number of carbonyl (C=O) groups excluding carboxylic acids is 1. The lowest BCUT2D eigenvalue weighted by Gasteiger charge is -2.14. The monoisotopic (exact) mass is 275 g/mol. The highest BCUT2D eigenvalue weighted by Crippen LogP contribution is 2.20. The van der Waals surface area contributed by atoms with Crippen molar-refractivity contribution in [1.29, 1.82) is 0 Å². The number of carbonyl (C=O) groups is 1. The molecule has 0 aliphatic heterocycles. The van der Waals surface area contributed by atoms with E-state index in [1.807, 2.05) is 19.9 Å². The van der Waals surface area contributed by atoms with Crippen LogP contribution in [0.5, 0.6) is 0 Å². The van der Waals surface area contributed by atoms with Crippen molar-refractivity contribution in [1.82, 2.24) is 9.78 Å². The Morgan fingerprint density at radius 3 is 2.50 bits per heavy atom. The van der Waals surface area contributed by atoms with E-state index in [4.69, 9.17) is 5.73 Å². The molecule has 0 spiro atoms. The lowest BCUT2D eigenvalue weighted by atomic mass is 9.95. The maximum Gasteiger partial charge on any atom is 0.247 e. The number of halogens is 1. The molecule has 0 aliphatic rings.